The largest absolute Gasteiger partial charge is 0.449 e. The van der Waals surface area contributed by atoms with Crippen LogP contribution < -0.4 is 10.5 Å². The Bertz CT molecular complexity index is 688. The van der Waals surface area contributed by atoms with Gasteiger partial charge in [0.2, 0.25) is 10.0 Å². The summed E-state index contributed by atoms with van der Waals surface area (Å²) in [5.41, 5.74) is 5.01. The minimum atomic E-state index is -3.75. The number of hydrogen-bond acceptors (Lipinski definition) is 5. The summed E-state index contributed by atoms with van der Waals surface area (Å²) in [6, 6.07) is 3.65. The molecule has 0 radical (unpaired) electrons. The summed E-state index contributed by atoms with van der Waals surface area (Å²) in [5.74, 6) is -1.64. The summed E-state index contributed by atoms with van der Waals surface area (Å²) >= 11 is 3.14. The van der Waals surface area contributed by atoms with Gasteiger partial charge in [-0.3, -0.25) is 4.79 Å². The Balaban J connectivity index is 3.15. The maximum atomic E-state index is 12.1. The van der Waals surface area contributed by atoms with Gasteiger partial charge in [0.25, 0.3) is 5.91 Å². The smallest absolute Gasteiger partial charge is 0.340 e. The van der Waals surface area contributed by atoms with Crippen molar-refractivity contribution in [2.24, 2.45) is 5.73 Å². The fraction of sp³-hybridized carbons (Fsp3) is 0.385. The van der Waals surface area contributed by atoms with Gasteiger partial charge in [0.05, 0.1) is 10.5 Å². The number of carbonyl (C=O) groups is 2. The molecule has 1 rings (SSSR count). The Kier molecular flexibility index (Phi) is 6.09. The van der Waals surface area contributed by atoms with Gasteiger partial charge in [-0.2, -0.15) is 0 Å². The molecule has 0 spiro atoms. The standard InChI is InChI=1S/C13H17BrN2O5S/c1-7(2)16-22(19,20)9-4-5-11(14)10(6-9)13(18)21-8(3)12(15)17/h4-8,16H,1-3H3,(H2,15,17)/t8-/m0/s1. The zero-order chi connectivity index (χ0) is 17.1. The number of primary amides is 1. The van der Waals surface area contributed by atoms with Gasteiger partial charge < -0.3 is 10.5 Å². The van der Waals surface area contributed by atoms with E-state index in [0.29, 0.717) is 4.47 Å². The number of rotatable bonds is 6. The lowest BCUT2D eigenvalue weighted by Crippen LogP contribution is -2.31. The van der Waals surface area contributed by atoms with Crippen molar-refractivity contribution in [3.8, 4) is 0 Å². The van der Waals surface area contributed by atoms with Crippen LogP contribution in [0.15, 0.2) is 27.6 Å². The van der Waals surface area contributed by atoms with Crippen molar-refractivity contribution >= 4 is 37.8 Å². The number of halogens is 1. The number of ether oxygens (including phenoxy) is 1. The number of sulfonamides is 1. The lowest BCUT2D eigenvalue weighted by molar-refractivity contribution is -0.125. The number of benzene rings is 1. The second kappa shape index (κ2) is 7.21. The fourth-order valence-corrected chi connectivity index (χ4v) is 3.17. The predicted molar refractivity (Wildman–Crippen MR) is 83.7 cm³/mol. The van der Waals surface area contributed by atoms with Crippen molar-refractivity contribution in [1.82, 2.24) is 4.72 Å². The van der Waals surface area contributed by atoms with E-state index >= 15 is 0 Å². The van der Waals surface area contributed by atoms with E-state index in [4.69, 9.17) is 10.5 Å². The molecule has 9 heteroatoms. The molecule has 1 atom stereocenters. The fourth-order valence-electron chi connectivity index (χ4n) is 1.49. The molecule has 0 aliphatic carbocycles. The van der Waals surface area contributed by atoms with Crippen molar-refractivity contribution < 1.29 is 22.7 Å². The van der Waals surface area contributed by atoms with Crippen molar-refractivity contribution in [2.75, 3.05) is 0 Å². The Morgan fingerprint density at radius 1 is 1.27 bits per heavy atom. The van der Waals surface area contributed by atoms with Crippen molar-refractivity contribution in [1.29, 1.82) is 0 Å². The maximum absolute atomic E-state index is 12.1. The minimum Gasteiger partial charge on any atom is -0.449 e. The van der Waals surface area contributed by atoms with E-state index in [1.54, 1.807) is 13.8 Å². The summed E-state index contributed by atoms with van der Waals surface area (Å²) in [6.45, 7) is 4.69. The molecule has 0 aliphatic rings. The number of esters is 1. The molecule has 22 heavy (non-hydrogen) atoms. The first-order valence-corrected chi connectivity index (χ1v) is 8.64. The van der Waals surface area contributed by atoms with Crippen LogP contribution in [-0.2, 0) is 19.6 Å². The molecule has 7 nitrogen and oxygen atoms in total. The Morgan fingerprint density at radius 2 is 1.86 bits per heavy atom. The highest BCUT2D eigenvalue weighted by Gasteiger charge is 2.22. The van der Waals surface area contributed by atoms with E-state index in [0.717, 1.165) is 0 Å². The number of carbonyl (C=O) groups excluding carboxylic acids is 2. The van der Waals surface area contributed by atoms with Crippen LogP contribution >= 0.6 is 15.9 Å². The van der Waals surface area contributed by atoms with E-state index in [-0.39, 0.29) is 16.5 Å². The zero-order valence-corrected chi connectivity index (χ0v) is 14.7. The SMILES string of the molecule is CC(C)NS(=O)(=O)c1ccc(Br)c(C(=O)O[C@@H](C)C(N)=O)c1. The summed E-state index contributed by atoms with van der Waals surface area (Å²) in [5, 5.41) is 0. The molecule has 3 N–H and O–H groups in total. The zero-order valence-electron chi connectivity index (χ0n) is 12.3. The summed E-state index contributed by atoms with van der Waals surface area (Å²) < 4.78 is 31.8. The molecule has 1 aromatic rings. The van der Waals surface area contributed by atoms with Crippen LogP contribution in [0.2, 0.25) is 0 Å². The summed E-state index contributed by atoms with van der Waals surface area (Å²) in [6.07, 6.45) is -1.12. The average molecular weight is 393 g/mol. The second-order valence-electron chi connectivity index (χ2n) is 4.87. The van der Waals surface area contributed by atoms with Crippen molar-refractivity contribution in [3.63, 3.8) is 0 Å². The molecule has 0 aromatic heterocycles. The van der Waals surface area contributed by atoms with Crippen LogP contribution in [0.1, 0.15) is 31.1 Å². The van der Waals surface area contributed by atoms with E-state index in [1.165, 1.54) is 25.1 Å². The monoisotopic (exact) mass is 392 g/mol. The van der Waals surface area contributed by atoms with Gasteiger partial charge in [-0.05, 0) is 54.9 Å². The highest BCUT2D eigenvalue weighted by atomic mass is 79.9. The third-order valence-corrected chi connectivity index (χ3v) is 4.89. The van der Waals surface area contributed by atoms with Crippen molar-refractivity contribution in [2.45, 2.75) is 37.8 Å². The second-order valence-corrected chi connectivity index (χ2v) is 7.44. The van der Waals surface area contributed by atoms with Gasteiger partial charge in [-0.15, -0.1) is 0 Å². The highest BCUT2D eigenvalue weighted by Crippen LogP contribution is 2.22. The van der Waals surface area contributed by atoms with Crippen LogP contribution in [-0.4, -0.2) is 32.4 Å². The molecular formula is C13H17BrN2O5S. The number of hydrogen-bond donors (Lipinski definition) is 2. The van der Waals surface area contributed by atoms with Gasteiger partial charge in [0.1, 0.15) is 0 Å². The Hall–Kier alpha value is -1.45. The third-order valence-electron chi connectivity index (χ3n) is 2.54. The van der Waals surface area contributed by atoms with Crippen LogP contribution in [0, 0.1) is 0 Å². The minimum absolute atomic E-state index is 0.0141. The molecule has 0 bridgehead atoms. The summed E-state index contributed by atoms with van der Waals surface area (Å²) in [7, 11) is -3.75. The van der Waals surface area contributed by atoms with Crippen LogP contribution in [0.3, 0.4) is 0 Å². The molecule has 1 amide bonds. The summed E-state index contributed by atoms with van der Waals surface area (Å²) in [4.78, 5) is 22.9. The first-order chi connectivity index (χ1) is 10.0. The first-order valence-electron chi connectivity index (χ1n) is 6.36. The average Bonchev–Trinajstić information content (AvgIpc) is 2.36. The lowest BCUT2D eigenvalue weighted by Gasteiger charge is -2.13. The molecule has 1 aromatic carbocycles. The third kappa shape index (κ3) is 4.79. The highest BCUT2D eigenvalue weighted by molar-refractivity contribution is 9.10. The predicted octanol–water partition coefficient (Wildman–Crippen LogP) is 1.17. The van der Waals surface area contributed by atoms with Gasteiger partial charge in [0.15, 0.2) is 6.10 Å². The Morgan fingerprint density at radius 3 is 2.36 bits per heavy atom. The normalized spacial score (nSPS) is 13.0. The van der Waals surface area contributed by atoms with Crippen LogP contribution in [0.5, 0.6) is 0 Å². The maximum Gasteiger partial charge on any atom is 0.340 e. The van der Waals surface area contributed by atoms with Crippen LogP contribution in [0.4, 0.5) is 0 Å². The molecule has 0 aliphatic heterocycles. The molecule has 0 fully saturated rings. The quantitative estimate of drug-likeness (QED) is 0.704. The molecule has 0 saturated carbocycles. The molecule has 0 saturated heterocycles. The lowest BCUT2D eigenvalue weighted by atomic mass is 10.2. The van der Waals surface area contributed by atoms with Crippen molar-refractivity contribution in [3.05, 3.63) is 28.2 Å². The van der Waals surface area contributed by atoms with Crippen LogP contribution in [0.25, 0.3) is 0 Å². The molecule has 0 unspecified atom stereocenters. The van der Waals surface area contributed by atoms with Gasteiger partial charge >= 0.3 is 5.97 Å². The molecule has 0 heterocycles. The van der Waals surface area contributed by atoms with Gasteiger partial charge in [-0.1, -0.05) is 0 Å². The molecular weight excluding hydrogens is 376 g/mol. The molecule has 122 valence electrons. The number of nitrogens with two attached hydrogens (primary N) is 1. The van der Waals surface area contributed by atoms with E-state index < -0.39 is 28.0 Å². The van der Waals surface area contributed by atoms with E-state index in [9.17, 15) is 18.0 Å². The van der Waals surface area contributed by atoms with E-state index in [2.05, 4.69) is 20.7 Å². The number of nitrogens with one attached hydrogen (secondary N) is 1. The number of amides is 1. The topological polar surface area (TPSA) is 116 Å². The van der Waals surface area contributed by atoms with Gasteiger partial charge in [0, 0.05) is 10.5 Å². The van der Waals surface area contributed by atoms with E-state index in [1.807, 2.05) is 0 Å². The van der Waals surface area contributed by atoms with Gasteiger partial charge in [-0.25, -0.2) is 17.9 Å². The Labute approximate surface area is 137 Å². The first kappa shape index (κ1) is 18.6.